The molecule has 0 bridgehead atoms. The summed E-state index contributed by atoms with van der Waals surface area (Å²) in [7, 11) is 0. The lowest BCUT2D eigenvalue weighted by Crippen LogP contribution is -2.36. The van der Waals surface area contributed by atoms with E-state index >= 15 is 0 Å². The molecule has 0 heterocycles. The van der Waals surface area contributed by atoms with Gasteiger partial charge in [-0.25, -0.2) is 0 Å². The predicted octanol–water partition coefficient (Wildman–Crippen LogP) is 1.71. The van der Waals surface area contributed by atoms with Crippen LogP contribution in [0.5, 0.6) is 0 Å². The number of rotatable bonds is 5. The topological polar surface area (TPSA) is 66.4 Å². The van der Waals surface area contributed by atoms with Crippen LogP contribution in [-0.2, 0) is 9.59 Å². The normalized spacial score (nSPS) is 18.1. The number of aliphatic carboxylic acids is 1. The van der Waals surface area contributed by atoms with Crippen LogP contribution in [0, 0.1) is 5.41 Å². The minimum absolute atomic E-state index is 0.0929. The van der Waals surface area contributed by atoms with E-state index in [2.05, 4.69) is 11.9 Å². The van der Waals surface area contributed by atoms with Crippen molar-refractivity contribution in [2.75, 3.05) is 6.54 Å². The van der Waals surface area contributed by atoms with Gasteiger partial charge >= 0.3 is 5.97 Å². The van der Waals surface area contributed by atoms with Gasteiger partial charge < -0.3 is 10.4 Å². The molecule has 1 aliphatic carbocycles. The number of carbonyl (C=O) groups is 2. The first-order valence-corrected chi connectivity index (χ1v) is 5.61. The Morgan fingerprint density at radius 3 is 2.38 bits per heavy atom. The van der Waals surface area contributed by atoms with Crippen molar-refractivity contribution in [3.05, 3.63) is 12.2 Å². The van der Waals surface area contributed by atoms with Crippen LogP contribution in [0.2, 0.25) is 0 Å². The lowest BCUT2D eigenvalue weighted by molar-refractivity contribution is -0.151. The van der Waals surface area contributed by atoms with Crippen LogP contribution in [0.4, 0.5) is 0 Å². The zero-order valence-electron chi connectivity index (χ0n) is 9.71. The molecule has 0 unspecified atom stereocenters. The number of nitrogens with one attached hydrogen (secondary N) is 1. The summed E-state index contributed by atoms with van der Waals surface area (Å²) in [6, 6.07) is 0. The highest BCUT2D eigenvalue weighted by Crippen LogP contribution is 2.41. The van der Waals surface area contributed by atoms with E-state index in [-0.39, 0.29) is 12.3 Å². The third-order valence-electron chi connectivity index (χ3n) is 3.10. The third-order valence-corrected chi connectivity index (χ3v) is 3.10. The van der Waals surface area contributed by atoms with E-state index in [9.17, 15) is 14.7 Å². The third kappa shape index (κ3) is 3.08. The molecule has 0 aromatic carbocycles. The molecule has 4 heteroatoms. The molecule has 0 saturated heterocycles. The van der Waals surface area contributed by atoms with Gasteiger partial charge in [0, 0.05) is 13.0 Å². The Morgan fingerprint density at radius 1 is 1.38 bits per heavy atom. The molecule has 1 aliphatic rings. The van der Waals surface area contributed by atoms with E-state index < -0.39 is 11.4 Å². The number of hydrogen-bond acceptors (Lipinski definition) is 2. The summed E-state index contributed by atoms with van der Waals surface area (Å²) in [6.45, 7) is 5.93. The van der Waals surface area contributed by atoms with Crippen molar-refractivity contribution < 1.29 is 14.7 Å². The first-order valence-electron chi connectivity index (χ1n) is 5.61. The van der Waals surface area contributed by atoms with Crippen molar-refractivity contribution >= 4 is 11.9 Å². The highest BCUT2D eigenvalue weighted by Gasteiger charge is 2.42. The standard InChI is InChI=1S/C12H19NO3/c1-9(2)8-13-10(14)7-12(11(15)16)5-3-4-6-12/h1,3-8H2,2H3,(H,13,14)(H,15,16). The van der Waals surface area contributed by atoms with Crippen LogP contribution >= 0.6 is 0 Å². The van der Waals surface area contributed by atoms with Crippen LogP contribution in [0.3, 0.4) is 0 Å². The summed E-state index contributed by atoms with van der Waals surface area (Å²) in [4.78, 5) is 22.8. The summed E-state index contributed by atoms with van der Waals surface area (Å²) in [6.07, 6.45) is 3.13. The number of carboxylic acids is 1. The predicted molar refractivity (Wildman–Crippen MR) is 61.0 cm³/mol. The van der Waals surface area contributed by atoms with E-state index in [4.69, 9.17) is 0 Å². The number of carboxylic acid groups (broad SMARTS) is 1. The van der Waals surface area contributed by atoms with Crippen molar-refractivity contribution in [1.29, 1.82) is 0 Å². The second-order valence-electron chi connectivity index (χ2n) is 4.70. The lowest BCUT2D eigenvalue weighted by Gasteiger charge is -2.22. The molecule has 16 heavy (non-hydrogen) atoms. The van der Waals surface area contributed by atoms with Crippen molar-refractivity contribution in [3.8, 4) is 0 Å². The van der Waals surface area contributed by atoms with Crippen LogP contribution < -0.4 is 5.32 Å². The maximum atomic E-state index is 11.6. The molecule has 1 rings (SSSR count). The minimum atomic E-state index is -0.838. The second-order valence-corrected chi connectivity index (χ2v) is 4.70. The van der Waals surface area contributed by atoms with E-state index in [1.807, 2.05) is 6.92 Å². The largest absolute Gasteiger partial charge is 0.481 e. The SMILES string of the molecule is C=C(C)CNC(=O)CC1(C(=O)O)CCCC1. The molecule has 0 spiro atoms. The smallest absolute Gasteiger partial charge is 0.310 e. The minimum Gasteiger partial charge on any atom is -0.481 e. The zero-order chi connectivity index (χ0) is 12.2. The highest BCUT2D eigenvalue weighted by molar-refractivity contribution is 5.85. The fourth-order valence-corrected chi connectivity index (χ4v) is 2.14. The first-order chi connectivity index (χ1) is 7.46. The summed E-state index contributed by atoms with van der Waals surface area (Å²) in [5.74, 6) is -1.03. The van der Waals surface area contributed by atoms with Crippen LogP contribution in [-0.4, -0.2) is 23.5 Å². The Labute approximate surface area is 95.7 Å². The number of hydrogen-bond donors (Lipinski definition) is 2. The van der Waals surface area contributed by atoms with Crippen molar-refractivity contribution in [1.82, 2.24) is 5.32 Å². The summed E-state index contributed by atoms with van der Waals surface area (Å²) in [5.41, 5.74) is 0.0447. The van der Waals surface area contributed by atoms with E-state index in [0.29, 0.717) is 19.4 Å². The molecule has 1 amide bonds. The second kappa shape index (κ2) is 5.14. The van der Waals surface area contributed by atoms with Gasteiger partial charge in [0.25, 0.3) is 0 Å². The number of carbonyl (C=O) groups excluding carboxylic acids is 1. The molecule has 0 radical (unpaired) electrons. The van der Waals surface area contributed by atoms with Gasteiger partial charge in [0.1, 0.15) is 0 Å². The van der Waals surface area contributed by atoms with Crippen LogP contribution in [0.1, 0.15) is 39.0 Å². The molecular weight excluding hydrogens is 206 g/mol. The summed E-state index contributed by atoms with van der Waals surface area (Å²) in [5, 5.41) is 11.9. The molecule has 0 aromatic rings. The Morgan fingerprint density at radius 2 is 1.94 bits per heavy atom. The Balaban J connectivity index is 2.52. The number of amides is 1. The molecule has 1 saturated carbocycles. The van der Waals surface area contributed by atoms with E-state index in [0.717, 1.165) is 18.4 Å². The average Bonchev–Trinajstić information content (AvgIpc) is 2.64. The van der Waals surface area contributed by atoms with Crippen molar-refractivity contribution in [2.45, 2.75) is 39.0 Å². The maximum absolute atomic E-state index is 11.6. The summed E-state index contributed by atoms with van der Waals surface area (Å²) < 4.78 is 0. The van der Waals surface area contributed by atoms with Gasteiger partial charge in [-0.15, -0.1) is 0 Å². The Kier molecular flexibility index (Phi) is 4.10. The van der Waals surface area contributed by atoms with E-state index in [1.165, 1.54) is 0 Å². The maximum Gasteiger partial charge on any atom is 0.310 e. The van der Waals surface area contributed by atoms with Crippen LogP contribution in [0.25, 0.3) is 0 Å². The summed E-state index contributed by atoms with van der Waals surface area (Å²) >= 11 is 0. The van der Waals surface area contributed by atoms with Crippen LogP contribution in [0.15, 0.2) is 12.2 Å². The van der Waals surface area contributed by atoms with Gasteiger partial charge in [-0.1, -0.05) is 25.0 Å². The van der Waals surface area contributed by atoms with Gasteiger partial charge in [-0.3, -0.25) is 9.59 Å². The Hall–Kier alpha value is -1.32. The fourth-order valence-electron chi connectivity index (χ4n) is 2.14. The Bertz CT molecular complexity index is 303. The van der Waals surface area contributed by atoms with Gasteiger partial charge in [-0.2, -0.15) is 0 Å². The molecule has 2 N–H and O–H groups in total. The molecular formula is C12H19NO3. The molecule has 4 nitrogen and oxygen atoms in total. The molecule has 0 aliphatic heterocycles. The van der Waals surface area contributed by atoms with Gasteiger partial charge in [0.15, 0.2) is 0 Å². The average molecular weight is 225 g/mol. The quantitative estimate of drug-likeness (QED) is 0.700. The highest BCUT2D eigenvalue weighted by atomic mass is 16.4. The zero-order valence-corrected chi connectivity index (χ0v) is 9.71. The molecule has 1 fully saturated rings. The van der Waals surface area contributed by atoms with Crippen molar-refractivity contribution in [3.63, 3.8) is 0 Å². The van der Waals surface area contributed by atoms with Gasteiger partial charge in [-0.05, 0) is 19.8 Å². The molecule has 90 valence electrons. The monoisotopic (exact) mass is 225 g/mol. The fraction of sp³-hybridized carbons (Fsp3) is 0.667. The first kappa shape index (κ1) is 12.7. The van der Waals surface area contributed by atoms with Gasteiger partial charge in [0.2, 0.25) is 5.91 Å². The van der Waals surface area contributed by atoms with E-state index in [1.54, 1.807) is 0 Å². The molecule has 0 atom stereocenters. The molecule has 0 aromatic heterocycles. The van der Waals surface area contributed by atoms with Crippen molar-refractivity contribution in [2.24, 2.45) is 5.41 Å². The lowest BCUT2D eigenvalue weighted by atomic mass is 9.82. The van der Waals surface area contributed by atoms with Gasteiger partial charge in [0.05, 0.1) is 5.41 Å².